The van der Waals surface area contributed by atoms with Gasteiger partial charge in [0.25, 0.3) is 0 Å². The van der Waals surface area contributed by atoms with Crippen LogP contribution in [-0.2, 0) is 24.1 Å². The van der Waals surface area contributed by atoms with Crippen molar-refractivity contribution in [2.75, 3.05) is 18.5 Å². The second kappa shape index (κ2) is 12.0. The SMILES string of the molecule is CC(C)(C)O.Cc1nc2cc(NCCc3ccccc3)nn2c(-c2cc(F)c3c(c2C)CCCO3)c1CC(=O)O. The maximum Gasteiger partial charge on any atom is 0.307 e. The highest BCUT2D eigenvalue weighted by molar-refractivity contribution is 5.79. The number of hydrogen-bond donors (Lipinski definition) is 3. The number of hydrogen-bond acceptors (Lipinski definition) is 6. The molecule has 5 rings (SSSR count). The highest BCUT2D eigenvalue weighted by Gasteiger charge is 2.26. The van der Waals surface area contributed by atoms with Gasteiger partial charge in [0.2, 0.25) is 0 Å². The van der Waals surface area contributed by atoms with Gasteiger partial charge in [-0.05, 0) is 71.1 Å². The zero-order valence-corrected chi connectivity index (χ0v) is 23.7. The van der Waals surface area contributed by atoms with E-state index in [2.05, 4.69) is 22.4 Å². The summed E-state index contributed by atoms with van der Waals surface area (Å²) < 4.78 is 22.4. The average Bonchev–Trinajstić information content (AvgIpc) is 3.28. The lowest BCUT2D eigenvalue weighted by Gasteiger charge is -2.23. The van der Waals surface area contributed by atoms with E-state index in [-0.39, 0.29) is 6.42 Å². The van der Waals surface area contributed by atoms with E-state index >= 15 is 4.39 Å². The molecule has 0 amide bonds. The summed E-state index contributed by atoms with van der Waals surface area (Å²) in [6.45, 7) is 10.1. The minimum atomic E-state index is -0.983. The Morgan fingerprint density at radius 3 is 2.55 bits per heavy atom. The van der Waals surface area contributed by atoms with Gasteiger partial charge < -0.3 is 20.3 Å². The number of aliphatic hydroxyl groups is 1. The van der Waals surface area contributed by atoms with Crippen LogP contribution in [0.3, 0.4) is 0 Å². The fraction of sp³-hybridized carbons (Fsp3) is 0.387. The fourth-order valence-electron chi connectivity index (χ4n) is 4.76. The molecule has 1 aliphatic heterocycles. The van der Waals surface area contributed by atoms with Crippen LogP contribution in [-0.4, -0.2) is 49.5 Å². The number of benzene rings is 2. The van der Waals surface area contributed by atoms with E-state index in [4.69, 9.17) is 14.9 Å². The molecule has 0 atom stereocenters. The maximum absolute atomic E-state index is 15.1. The van der Waals surface area contributed by atoms with Gasteiger partial charge in [-0.1, -0.05) is 30.3 Å². The topological polar surface area (TPSA) is 109 Å². The maximum atomic E-state index is 15.1. The quantitative estimate of drug-likeness (QED) is 0.278. The summed E-state index contributed by atoms with van der Waals surface area (Å²) in [4.78, 5) is 16.4. The van der Waals surface area contributed by atoms with Crippen LogP contribution in [0.15, 0.2) is 42.5 Å². The molecule has 0 unspecified atom stereocenters. The molecule has 0 spiro atoms. The molecule has 2 aromatic carbocycles. The van der Waals surface area contributed by atoms with Gasteiger partial charge >= 0.3 is 5.97 Å². The standard InChI is InChI=1S/C27H27FN4O3.C4H10O/c1-16-19-9-6-12-35-27(19)22(28)13-20(16)26-21(14-25(33)34)17(2)30-24-15-23(31-32(24)26)29-11-10-18-7-4-3-5-8-18;1-4(2,3)5/h3-5,7-8,13,15H,6,9-12,14H2,1-2H3,(H,29,31)(H,33,34);5H,1-3H3. The summed E-state index contributed by atoms with van der Waals surface area (Å²) in [6, 6.07) is 13.4. The number of fused-ring (bicyclic) bond motifs is 2. The number of anilines is 1. The zero-order valence-electron chi connectivity index (χ0n) is 23.7. The van der Waals surface area contributed by atoms with E-state index in [0.29, 0.717) is 59.3 Å². The predicted molar refractivity (Wildman–Crippen MR) is 154 cm³/mol. The van der Waals surface area contributed by atoms with E-state index in [0.717, 1.165) is 24.0 Å². The van der Waals surface area contributed by atoms with Gasteiger partial charge in [0.1, 0.15) is 0 Å². The Morgan fingerprint density at radius 1 is 1.18 bits per heavy atom. The summed E-state index contributed by atoms with van der Waals surface area (Å²) in [5, 5.41) is 26.2. The first-order valence-electron chi connectivity index (χ1n) is 13.5. The van der Waals surface area contributed by atoms with Crippen LogP contribution in [0, 0.1) is 19.7 Å². The summed E-state index contributed by atoms with van der Waals surface area (Å²) in [6.07, 6.45) is 2.10. The zero-order chi connectivity index (χ0) is 29.0. The fourth-order valence-corrected chi connectivity index (χ4v) is 4.76. The Kier molecular flexibility index (Phi) is 8.73. The van der Waals surface area contributed by atoms with Crippen LogP contribution in [0.2, 0.25) is 0 Å². The lowest BCUT2D eigenvalue weighted by molar-refractivity contribution is -0.136. The van der Waals surface area contributed by atoms with Crippen LogP contribution in [0.5, 0.6) is 5.75 Å². The van der Waals surface area contributed by atoms with Crippen molar-refractivity contribution in [3.05, 3.63) is 76.2 Å². The van der Waals surface area contributed by atoms with Crippen molar-refractivity contribution in [1.82, 2.24) is 14.6 Å². The van der Waals surface area contributed by atoms with Crippen LogP contribution in [0.25, 0.3) is 16.9 Å². The molecule has 3 heterocycles. The first-order valence-corrected chi connectivity index (χ1v) is 13.5. The molecule has 0 aliphatic carbocycles. The van der Waals surface area contributed by atoms with E-state index in [1.165, 1.54) is 11.6 Å². The molecule has 212 valence electrons. The number of halogens is 1. The number of aromatic nitrogens is 3. The first kappa shape index (κ1) is 29.0. The molecule has 40 heavy (non-hydrogen) atoms. The molecule has 0 fully saturated rings. The van der Waals surface area contributed by atoms with Crippen molar-refractivity contribution >= 4 is 17.4 Å². The molecule has 4 aromatic rings. The van der Waals surface area contributed by atoms with Crippen LogP contribution >= 0.6 is 0 Å². The van der Waals surface area contributed by atoms with Crippen molar-refractivity contribution < 1.29 is 24.1 Å². The van der Waals surface area contributed by atoms with E-state index < -0.39 is 17.4 Å². The van der Waals surface area contributed by atoms with Crippen molar-refractivity contribution in [3.63, 3.8) is 0 Å². The Bertz CT molecular complexity index is 1500. The Labute approximate surface area is 233 Å². The van der Waals surface area contributed by atoms with Gasteiger partial charge in [-0.25, -0.2) is 13.9 Å². The van der Waals surface area contributed by atoms with Crippen molar-refractivity contribution in [2.24, 2.45) is 0 Å². The van der Waals surface area contributed by atoms with Crippen molar-refractivity contribution in [3.8, 4) is 17.0 Å². The minimum absolute atomic E-state index is 0.241. The molecular weight excluding hydrogens is 511 g/mol. The lowest BCUT2D eigenvalue weighted by atomic mass is 9.91. The van der Waals surface area contributed by atoms with E-state index in [1.807, 2.05) is 31.2 Å². The molecule has 9 heteroatoms. The van der Waals surface area contributed by atoms with Crippen molar-refractivity contribution in [1.29, 1.82) is 0 Å². The number of carboxylic acid groups (broad SMARTS) is 1. The van der Waals surface area contributed by atoms with Gasteiger partial charge in [-0.15, -0.1) is 5.10 Å². The van der Waals surface area contributed by atoms with Gasteiger partial charge in [0.15, 0.2) is 23.0 Å². The summed E-state index contributed by atoms with van der Waals surface area (Å²) in [7, 11) is 0. The normalized spacial score (nSPS) is 12.8. The summed E-state index contributed by atoms with van der Waals surface area (Å²) >= 11 is 0. The number of ether oxygens (including phenoxy) is 1. The highest BCUT2D eigenvalue weighted by Crippen LogP contribution is 2.39. The number of nitrogens with zero attached hydrogens (tertiary/aromatic N) is 3. The number of carbonyl (C=O) groups is 1. The molecule has 8 nitrogen and oxygen atoms in total. The largest absolute Gasteiger partial charge is 0.490 e. The molecule has 3 N–H and O–H groups in total. The second-order valence-electron chi connectivity index (χ2n) is 11.0. The third-order valence-corrected chi connectivity index (χ3v) is 6.49. The van der Waals surface area contributed by atoms with Crippen LogP contribution in [0.4, 0.5) is 10.2 Å². The van der Waals surface area contributed by atoms with E-state index in [9.17, 15) is 9.90 Å². The Balaban J connectivity index is 0.000000681. The second-order valence-corrected chi connectivity index (χ2v) is 11.0. The smallest absolute Gasteiger partial charge is 0.307 e. The lowest BCUT2D eigenvalue weighted by Crippen LogP contribution is -2.14. The Hall–Kier alpha value is -3.98. The first-order chi connectivity index (χ1) is 18.9. The van der Waals surface area contributed by atoms with Crippen LogP contribution in [0.1, 0.15) is 55.1 Å². The Morgan fingerprint density at radius 2 is 1.88 bits per heavy atom. The molecule has 0 radical (unpaired) electrons. The van der Waals surface area contributed by atoms with E-state index in [1.54, 1.807) is 32.2 Å². The number of nitrogens with one attached hydrogen (secondary N) is 1. The molecule has 0 bridgehead atoms. The molecule has 1 aliphatic rings. The average molecular weight is 549 g/mol. The third kappa shape index (κ3) is 6.96. The van der Waals surface area contributed by atoms with Gasteiger partial charge in [-0.3, -0.25) is 4.79 Å². The molecular formula is C31H37FN4O4. The monoisotopic (exact) mass is 548 g/mol. The minimum Gasteiger partial charge on any atom is -0.490 e. The summed E-state index contributed by atoms with van der Waals surface area (Å²) in [5.41, 5.74) is 5.24. The van der Waals surface area contributed by atoms with Gasteiger partial charge in [0.05, 0.1) is 24.3 Å². The highest BCUT2D eigenvalue weighted by atomic mass is 19.1. The number of aryl methyl sites for hydroxylation is 1. The van der Waals surface area contributed by atoms with Crippen molar-refractivity contribution in [2.45, 2.75) is 65.9 Å². The van der Waals surface area contributed by atoms with Gasteiger partial charge in [-0.2, -0.15) is 0 Å². The number of carboxylic acids is 1. The molecule has 0 saturated heterocycles. The van der Waals surface area contributed by atoms with Crippen LogP contribution < -0.4 is 10.1 Å². The summed E-state index contributed by atoms with van der Waals surface area (Å²) in [5.74, 6) is -0.509. The number of aliphatic carboxylic acids is 1. The third-order valence-electron chi connectivity index (χ3n) is 6.49. The molecule has 2 aromatic heterocycles. The van der Waals surface area contributed by atoms with Gasteiger partial charge in [0, 0.05) is 35.0 Å². The predicted octanol–water partition coefficient (Wildman–Crippen LogP) is 5.54. The molecule has 0 saturated carbocycles. The number of rotatable bonds is 7.